The molecule has 0 aliphatic heterocycles. The highest BCUT2D eigenvalue weighted by molar-refractivity contribution is 9.10. The van der Waals surface area contributed by atoms with Crippen LogP contribution in [0.1, 0.15) is 5.56 Å². The lowest BCUT2D eigenvalue weighted by Gasteiger charge is -2.11. The summed E-state index contributed by atoms with van der Waals surface area (Å²) in [5.41, 5.74) is 1.06. The molecular formula is C13H8BrCl3FN. The Hall–Kier alpha value is -0.480. The quantitative estimate of drug-likeness (QED) is 0.669. The third kappa shape index (κ3) is 3.76. The molecule has 19 heavy (non-hydrogen) atoms. The van der Waals surface area contributed by atoms with Gasteiger partial charge in [-0.1, -0.05) is 56.8 Å². The van der Waals surface area contributed by atoms with Crippen LogP contribution in [0.15, 0.2) is 34.8 Å². The van der Waals surface area contributed by atoms with Crippen LogP contribution in [0.25, 0.3) is 0 Å². The topological polar surface area (TPSA) is 12.0 Å². The lowest BCUT2D eigenvalue weighted by atomic mass is 10.2. The normalized spacial score (nSPS) is 10.6. The summed E-state index contributed by atoms with van der Waals surface area (Å²) in [6, 6.07) is 7.95. The van der Waals surface area contributed by atoms with Gasteiger partial charge in [0, 0.05) is 21.6 Å². The summed E-state index contributed by atoms with van der Waals surface area (Å²) in [4.78, 5) is 0. The van der Waals surface area contributed by atoms with Crippen molar-refractivity contribution < 1.29 is 4.39 Å². The molecule has 100 valence electrons. The summed E-state index contributed by atoms with van der Waals surface area (Å²) in [5.74, 6) is -0.371. The molecule has 0 saturated carbocycles. The minimum absolute atomic E-state index is 0.268. The summed E-state index contributed by atoms with van der Waals surface area (Å²) in [6.07, 6.45) is 0. The van der Waals surface area contributed by atoms with E-state index in [1.165, 1.54) is 6.07 Å². The van der Waals surface area contributed by atoms with Gasteiger partial charge in [0.15, 0.2) is 0 Å². The number of benzene rings is 2. The van der Waals surface area contributed by atoms with E-state index in [2.05, 4.69) is 21.2 Å². The van der Waals surface area contributed by atoms with Gasteiger partial charge in [-0.3, -0.25) is 0 Å². The fourth-order valence-corrected chi connectivity index (χ4v) is 3.06. The Morgan fingerprint density at radius 2 is 1.68 bits per heavy atom. The zero-order chi connectivity index (χ0) is 14.0. The van der Waals surface area contributed by atoms with Crippen LogP contribution >= 0.6 is 50.7 Å². The fourth-order valence-electron chi connectivity index (χ4n) is 1.56. The van der Waals surface area contributed by atoms with E-state index in [0.717, 1.165) is 4.47 Å². The van der Waals surface area contributed by atoms with Crippen molar-refractivity contribution >= 4 is 56.4 Å². The molecule has 2 rings (SSSR count). The van der Waals surface area contributed by atoms with E-state index in [9.17, 15) is 4.39 Å². The number of hydrogen-bond donors (Lipinski definition) is 1. The maximum atomic E-state index is 13.6. The molecule has 0 unspecified atom stereocenters. The van der Waals surface area contributed by atoms with Crippen molar-refractivity contribution in [2.24, 2.45) is 0 Å². The molecule has 0 fully saturated rings. The summed E-state index contributed by atoms with van der Waals surface area (Å²) in [5, 5.41) is 4.31. The smallest absolute Gasteiger partial charge is 0.129 e. The van der Waals surface area contributed by atoms with Gasteiger partial charge < -0.3 is 5.32 Å². The molecule has 2 aromatic carbocycles. The van der Waals surface area contributed by atoms with Gasteiger partial charge in [0.05, 0.1) is 15.7 Å². The minimum Gasteiger partial charge on any atom is -0.378 e. The van der Waals surface area contributed by atoms with Crippen molar-refractivity contribution in [2.45, 2.75) is 6.54 Å². The third-order valence-corrected chi connectivity index (χ3v) is 3.77. The van der Waals surface area contributed by atoms with Crippen molar-refractivity contribution in [3.05, 3.63) is 61.3 Å². The largest absolute Gasteiger partial charge is 0.378 e. The first-order valence-electron chi connectivity index (χ1n) is 5.29. The molecule has 0 aromatic heterocycles. The Morgan fingerprint density at radius 1 is 1.05 bits per heavy atom. The summed E-state index contributed by atoms with van der Waals surface area (Å²) < 4.78 is 14.4. The van der Waals surface area contributed by atoms with E-state index in [1.54, 1.807) is 24.3 Å². The van der Waals surface area contributed by atoms with Crippen LogP contribution in [0.5, 0.6) is 0 Å². The highest BCUT2D eigenvalue weighted by atomic mass is 79.9. The number of rotatable bonds is 3. The molecule has 1 N–H and O–H groups in total. The van der Waals surface area contributed by atoms with Crippen LogP contribution in [0.2, 0.25) is 15.1 Å². The lowest BCUT2D eigenvalue weighted by Crippen LogP contribution is -2.03. The van der Waals surface area contributed by atoms with Gasteiger partial charge in [0.2, 0.25) is 0 Å². The molecule has 0 radical (unpaired) electrons. The van der Waals surface area contributed by atoms with Crippen molar-refractivity contribution in [1.82, 2.24) is 0 Å². The second-order valence-electron chi connectivity index (χ2n) is 3.83. The average molecular weight is 383 g/mol. The Morgan fingerprint density at radius 3 is 2.26 bits per heavy atom. The monoisotopic (exact) mass is 381 g/mol. The number of anilines is 1. The Labute approximate surface area is 133 Å². The molecule has 0 atom stereocenters. The molecule has 0 saturated heterocycles. The van der Waals surface area contributed by atoms with Crippen molar-refractivity contribution in [3.63, 3.8) is 0 Å². The fraction of sp³-hybridized carbons (Fsp3) is 0.0769. The zero-order valence-corrected chi connectivity index (χ0v) is 13.3. The standard InChI is InChI=1S/C13H8BrCl3FN/c14-8-3-10(16)13(11(17)4-8)19-6-7-1-2-9(15)5-12(7)18/h1-5,19H,6H2. The maximum absolute atomic E-state index is 13.6. The molecule has 2 aromatic rings. The lowest BCUT2D eigenvalue weighted by molar-refractivity contribution is 0.613. The molecule has 0 aliphatic rings. The van der Waals surface area contributed by atoms with E-state index >= 15 is 0 Å². The Bertz CT molecular complexity index is 596. The first-order valence-corrected chi connectivity index (χ1v) is 7.22. The van der Waals surface area contributed by atoms with Crippen LogP contribution < -0.4 is 5.32 Å². The first-order chi connectivity index (χ1) is 8.97. The van der Waals surface area contributed by atoms with Gasteiger partial charge in [-0.05, 0) is 24.3 Å². The highest BCUT2D eigenvalue weighted by Gasteiger charge is 2.09. The second kappa shape index (κ2) is 6.31. The third-order valence-electron chi connectivity index (χ3n) is 2.48. The Balaban J connectivity index is 2.19. The van der Waals surface area contributed by atoms with Crippen molar-refractivity contribution in [2.75, 3.05) is 5.32 Å². The van der Waals surface area contributed by atoms with E-state index < -0.39 is 0 Å². The van der Waals surface area contributed by atoms with Gasteiger partial charge in [-0.2, -0.15) is 0 Å². The van der Waals surface area contributed by atoms with Crippen LogP contribution in [0.3, 0.4) is 0 Å². The molecule has 0 heterocycles. The van der Waals surface area contributed by atoms with Gasteiger partial charge in [0.1, 0.15) is 5.82 Å². The van der Waals surface area contributed by atoms with Gasteiger partial charge in [-0.15, -0.1) is 0 Å². The minimum atomic E-state index is -0.371. The summed E-state index contributed by atoms with van der Waals surface area (Å²) in [7, 11) is 0. The van der Waals surface area contributed by atoms with Crippen LogP contribution in [0, 0.1) is 5.82 Å². The SMILES string of the molecule is Fc1cc(Cl)ccc1CNc1c(Cl)cc(Br)cc1Cl. The van der Waals surface area contributed by atoms with Gasteiger partial charge in [0.25, 0.3) is 0 Å². The molecule has 0 amide bonds. The summed E-state index contributed by atoms with van der Waals surface area (Å²) in [6.45, 7) is 0.268. The van der Waals surface area contributed by atoms with Crippen LogP contribution in [-0.4, -0.2) is 0 Å². The van der Waals surface area contributed by atoms with Gasteiger partial charge >= 0.3 is 0 Å². The van der Waals surface area contributed by atoms with Crippen LogP contribution in [0.4, 0.5) is 10.1 Å². The van der Waals surface area contributed by atoms with Crippen molar-refractivity contribution in [3.8, 4) is 0 Å². The van der Waals surface area contributed by atoms with Gasteiger partial charge in [-0.25, -0.2) is 4.39 Å². The molecule has 0 spiro atoms. The molecule has 1 nitrogen and oxygen atoms in total. The van der Waals surface area contributed by atoms with Crippen molar-refractivity contribution in [1.29, 1.82) is 0 Å². The predicted molar refractivity (Wildman–Crippen MR) is 82.9 cm³/mol. The number of halogens is 5. The van der Waals surface area contributed by atoms with E-state index in [4.69, 9.17) is 34.8 Å². The van der Waals surface area contributed by atoms with E-state index in [0.29, 0.717) is 26.3 Å². The molecule has 0 aliphatic carbocycles. The number of nitrogens with one attached hydrogen (secondary N) is 1. The van der Waals surface area contributed by atoms with E-state index in [1.807, 2.05) is 0 Å². The summed E-state index contributed by atoms with van der Waals surface area (Å²) >= 11 is 21.1. The molecule has 0 bridgehead atoms. The van der Waals surface area contributed by atoms with Crippen LogP contribution in [-0.2, 0) is 6.54 Å². The maximum Gasteiger partial charge on any atom is 0.129 e. The first kappa shape index (κ1) is 14.9. The Kier molecular flexibility index (Phi) is 4.96. The molecular weight excluding hydrogens is 375 g/mol. The predicted octanol–water partition coefficient (Wildman–Crippen LogP) is 6.16. The second-order valence-corrected chi connectivity index (χ2v) is 6.00. The number of hydrogen-bond acceptors (Lipinski definition) is 1. The zero-order valence-electron chi connectivity index (χ0n) is 9.48. The molecule has 6 heteroatoms. The average Bonchev–Trinajstić information content (AvgIpc) is 2.30. The highest BCUT2D eigenvalue weighted by Crippen LogP contribution is 2.34. The van der Waals surface area contributed by atoms with E-state index in [-0.39, 0.29) is 12.4 Å².